The molecule has 0 aromatic heterocycles. The quantitative estimate of drug-likeness (QED) is 0.618. The van der Waals surface area contributed by atoms with Crippen LogP contribution in [0, 0.1) is 11.3 Å². The lowest BCUT2D eigenvalue weighted by atomic mass is 10.1. The molecule has 0 unspecified atom stereocenters. The van der Waals surface area contributed by atoms with Gasteiger partial charge in [0.25, 0.3) is 0 Å². The first-order valence-corrected chi connectivity index (χ1v) is 5.72. The molecular formula is C14H16N2O3. The topological polar surface area (TPSA) is 71.3 Å². The largest absolute Gasteiger partial charge is 0.497 e. The van der Waals surface area contributed by atoms with Crippen molar-refractivity contribution in [3.05, 3.63) is 41.6 Å². The van der Waals surface area contributed by atoms with Crippen LogP contribution >= 0.6 is 0 Å². The Kier molecular flexibility index (Phi) is 5.96. The second-order valence-electron chi connectivity index (χ2n) is 3.77. The summed E-state index contributed by atoms with van der Waals surface area (Å²) in [7, 11) is 2.91. The minimum atomic E-state index is -0.380. The number of methoxy groups -OCH3 is 2. The number of ether oxygens (including phenoxy) is 2. The SMILES string of the molecule is COC(=O)CN/C=C(/C#N)Cc1cccc(OC)c1. The standard InChI is InChI=1S/C14H16N2O3/c1-18-13-5-3-4-11(7-13)6-12(8-15)9-16-10-14(17)19-2/h3-5,7,9,16H,6,10H2,1-2H3/b12-9+. The number of hydrogen-bond acceptors (Lipinski definition) is 5. The van der Waals surface area contributed by atoms with Gasteiger partial charge in [-0.05, 0) is 17.7 Å². The van der Waals surface area contributed by atoms with Gasteiger partial charge in [0.1, 0.15) is 12.3 Å². The summed E-state index contributed by atoms with van der Waals surface area (Å²) < 4.78 is 9.60. The Labute approximate surface area is 112 Å². The molecule has 19 heavy (non-hydrogen) atoms. The van der Waals surface area contributed by atoms with Crippen LogP contribution in [0.25, 0.3) is 0 Å². The van der Waals surface area contributed by atoms with E-state index < -0.39 is 0 Å². The van der Waals surface area contributed by atoms with E-state index in [2.05, 4.69) is 16.1 Å². The Morgan fingerprint density at radius 3 is 2.89 bits per heavy atom. The second-order valence-corrected chi connectivity index (χ2v) is 3.77. The molecule has 5 nitrogen and oxygen atoms in total. The van der Waals surface area contributed by atoms with Crippen LogP contribution in [0.15, 0.2) is 36.0 Å². The maximum absolute atomic E-state index is 10.9. The maximum atomic E-state index is 10.9. The van der Waals surface area contributed by atoms with E-state index in [1.54, 1.807) is 7.11 Å². The van der Waals surface area contributed by atoms with Gasteiger partial charge in [0, 0.05) is 18.2 Å². The van der Waals surface area contributed by atoms with Crippen molar-refractivity contribution >= 4 is 5.97 Å². The van der Waals surface area contributed by atoms with Gasteiger partial charge >= 0.3 is 5.97 Å². The predicted octanol–water partition coefficient (Wildman–Crippen LogP) is 1.41. The average Bonchev–Trinajstić information content (AvgIpc) is 2.46. The van der Waals surface area contributed by atoms with Crippen molar-refractivity contribution in [1.29, 1.82) is 5.26 Å². The Balaban J connectivity index is 2.63. The fourth-order valence-electron chi connectivity index (χ4n) is 1.45. The van der Waals surface area contributed by atoms with Crippen LogP contribution < -0.4 is 10.1 Å². The first kappa shape index (κ1) is 14.6. The number of rotatable bonds is 6. The Morgan fingerprint density at radius 1 is 1.47 bits per heavy atom. The van der Waals surface area contributed by atoms with Crippen molar-refractivity contribution in [3.63, 3.8) is 0 Å². The Bertz CT molecular complexity index is 504. The molecule has 0 aliphatic rings. The average molecular weight is 260 g/mol. The number of allylic oxidation sites excluding steroid dienone is 1. The fraction of sp³-hybridized carbons (Fsp3) is 0.286. The summed E-state index contributed by atoms with van der Waals surface area (Å²) >= 11 is 0. The Hall–Kier alpha value is -2.48. The molecule has 0 heterocycles. The van der Waals surface area contributed by atoms with E-state index in [0.29, 0.717) is 12.0 Å². The van der Waals surface area contributed by atoms with Gasteiger partial charge in [0.2, 0.25) is 0 Å². The second kappa shape index (κ2) is 7.77. The first-order valence-electron chi connectivity index (χ1n) is 5.72. The molecule has 0 aliphatic carbocycles. The summed E-state index contributed by atoms with van der Waals surface area (Å²) in [5, 5.41) is 11.8. The van der Waals surface area contributed by atoms with E-state index in [4.69, 9.17) is 10.00 Å². The number of esters is 1. The van der Waals surface area contributed by atoms with Crippen molar-refractivity contribution in [2.45, 2.75) is 6.42 Å². The van der Waals surface area contributed by atoms with Crippen LogP contribution in [-0.2, 0) is 16.0 Å². The van der Waals surface area contributed by atoms with Crippen molar-refractivity contribution in [1.82, 2.24) is 5.32 Å². The molecule has 1 aromatic carbocycles. The Morgan fingerprint density at radius 2 is 2.26 bits per heavy atom. The van der Waals surface area contributed by atoms with Gasteiger partial charge in [0.15, 0.2) is 0 Å². The van der Waals surface area contributed by atoms with Crippen molar-refractivity contribution in [3.8, 4) is 11.8 Å². The molecule has 0 aliphatic heterocycles. The molecule has 0 saturated carbocycles. The zero-order chi connectivity index (χ0) is 14.1. The third-order valence-corrected chi connectivity index (χ3v) is 2.42. The number of nitrogens with zero attached hydrogens (tertiary/aromatic N) is 1. The van der Waals surface area contributed by atoms with Gasteiger partial charge in [0.05, 0.1) is 20.3 Å². The highest BCUT2D eigenvalue weighted by Gasteiger charge is 2.02. The van der Waals surface area contributed by atoms with E-state index in [-0.39, 0.29) is 12.5 Å². The molecule has 1 aromatic rings. The molecule has 0 fully saturated rings. The molecule has 0 atom stereocenters. The number of hydrogen-bond donors (Lipinski definition) is 1. The summed E-state index contributed by atoms with van der Waals surface area (Å²) in [6.45, 7) is 0.0415. The van der Waals surface area contributed by atoms with E-state index in [1.807, 2.05) is 24.3 Å². The molecule has 1 N–H and O–H groups in total. The molecule has 0 bridgehead atoms. The summed E-state index contributed by atoms with van der Waals surface area (Å²) in [6.07, 6.45) is 2.00. The number of nitriles is 1. The van der Waals surface area contributed by atoms with Gasteiger partial charge < -0.3 is 14.8 Å². The van der Waals surface area contributed by atoms with E-state index in [0.717, 1.165) is 11.3 Å². The number of benzene rings is 1. The van der Waals surface area contributed by atoms with E-state index in [9.17, 15) is 4.79 Å². The number of nitrogens with one attached hydrogen (secondary N) is 1. The van der Waals surface area contributed by atoms with E-state index >= 15 is 0 Å². The summed E-state index contributed by atoms with van der Waals surface area (Å²) in [5.74, 6) is 0.368. The van der Waals surface area contributed by atoms with Crippen LogP contribution in [0.2, 0.25) is 0 Å². The van der Waals surface area contributed by atoms with Crippen molar-refractivity contribution in [2.75, 3.05) is 20.8 Å². The van der Waals surface area contributed by atoms with Gasteiger partial charge in [-0.3, -0.25) is 4.79 Å². The molecule has 0 amide bonds. The molecule has 0 spiro atoms. The molecule has 0 radical (unpaired) electrons. The van der Waals surface area contributed by atoms with Crippen LogP contribution in [0.3, 0.4) is 0 Å². The molecule has 100 valence electrons. The fourth-order valence-corrected chi connectivity index (χ4v) is 1.45. The summed E-state index contributed by atoms with van der Waals surface area (Å²) in [6, 6.07) is 9.57. The monoisotopic (exact) mass is 260 g/mol. The lowest BCUT2D eigenvalue weighted by molar-refractivity contribution is -0.139. The number of carbonyl (C=O) groups is 1. The smallest absolute Gasteiger partial charge is 0.325 e. The zero-order valence-electron chi connectivity index (χ0n) is 11.0. The third-order valence-electron chi connectivity index (χ3n) is 2.42. The van der Waals surface area contributed by atoms with Gasteiger partial charge in [-0.25, -0.2) is 0 Å². The minimum absolute atomic E-state index is 0.0415. The highest BCUT2D eigenvalue weighted by molar-refractivity contribution is 5.71. The summed E-state index contributed by atoms with van der Waals surface area (Å²) in [4.78, 5) is 10.9. The molecule has 1 rings (SSSR count). The van der Waals surface area contributed by atoms with Crippen LogP contribution in [0.1, 0.15) is 5.56 Å². The molecule has 0 saturated heterocycles. The van der Waals surface area contributed by atoms with Gasteiger partial charge in [-0.15, -0.1) is 0 Å². The first-order chi connectivity index (χ1) is 9.19. The van der Waals surface area contributed by atoms with Crippen LogP contribution in [0.5, 0.6) is 5.75 Å². The van der Waals surface area contributed by atoms with E-state index in [1.165, 1.54) is 13.3 Å². The highest BCUT2D eigenvalue weighted by atomic mass is 16.5. The molecular weight excluding hydrogens is 244 g/mol. The summed E-state index contributed by atoms with van der Waals surface area (Å²) in [5.41, 5.74) is 1.49. The minimum Gasteiger partial charge on any atom is -0.497 e. The van der Waals surface area contributed by atoms with Crippen LogP contribution in [0.4, 0.5) is 0 Å². The van der Waals surface area contributed by atoms with Crippen LogP contribution in [-0.4, -0.2) is 26.7 Å². The predicted molar refractivity (Wildman–Crippen MR) is 70.4 cm³/mol. The van der Waals surface area contributed by atoms with Gasteiger partial charge in [-0.2, -0.15) is 5.26 Å². The lowest BCUT2D eigenvalue weighted by Gasteiger charge is -2.04. The maximum Gasteiger partial charge on any atom is 0.325 e. The van der Waals surface area contributed by atoms with Crippen molar-refractivity contribution in [2.24, 2.45) is 0 Å². The van der Waals surface area contributed by atoms with Crippen molar-refractivity contribution < 1.29 is 14.3 Å². The van der Waals surface area contributed by atoms with Gasteiger partial charge in [-0.1, -0.05) is 12.1 Å². The molecule has 5 heteroatoms. The number of carbonyl (C=O) groups excluding carboxylic acids is 1. The highest BCUT2D eigenvalue weighted by Crippen LogP contribution is 2.15. The zero-order valence-corrected chi connectivity index (χ0v) is 11.0. The lowest BCUT2D eigenvalue weighted by Crippen LogP contribution is -2.19. The normalized spacial score (nSPS) is 10.5. The third kappa shape index (κ3) is 5.13.